The molecule has 0 spiro atoms. The molecule has 3 nitrogen and oxygen atoms in total. The van der Waals surface area contributed by atoms with Crippen LogP contribution in [0.5, 0.6) is 0 Å². The molecule has 3 aromatic carbocycles. The van der Waals surface area contributed by atoms with Crippen molar-refractivity contribution in [2.45, 2.75) is 6.42 Å². The first-order valence-corrected chi connectivity index (χ1v) is 7.44. The monoisotopic (exact) mass is 299 g/mol. The van der Waals surface area contributed by atoms with Crippen molar-refractivity contribution in [1.29, 1.82) is 5.26 Å². The second-order valence-electron chi connectivity index (χ2n) is 5.37. The first-order valence-electron chi connectivity index (χ1n) is 7.44. The Morgan fingerprint density at radius 1 is 0.870 bits per heavy atom. The van der Waals surface area contributed by atoms with Gasteiger partial charge in [0.2, 0.25) is 0 Å². The largest absolute Gasteiger partial charge is 0.324 e. The fourth-order valence-corrected chi connectivity index (χ4v) is 2.62. The van der Waals surface area contributed by atoms with E-state index >= 15 is 0 Å². The molecule has 23 heavy (non-hydrogen) atoms. The SMILES string of the molecule is N#Cc1cccc(-c2ccc(Cc3ccccc3NN)cc2)c1. The van der Waals surface area contributed by atoms with Gasteiger partial charge in [-0.3, -0.25) is 5.84 Å². The molecule has 0 aliphatic carbocycles. The minimum absolute atomic E-state index is 0.675. The van der Waals surface area contributed by atoms with Crippen LogP contribution < -0.4 is 11.3 Å². The highest BCUT2D eigenvalue weighted by molar-refractivity contribution is 5.65. The number of hydrogen-bond acceptors (Lipinski definition) is 3. The van der Waals surface area contributed by atoms with Crippen LogP contribution in [0.4, 0.5) is 5.69 Å². The lowest BCUT2D eigenvalue weighted by molar-refractivity contribution is 1.17. The van der Waals surface area contributed by atoms with Crippen molar-refractivity contribution in [3.63, 3.8) is 0 Å². The van der Waals surface area contributed by atoms with Gasteiger partial charge >= 0.3 is 0 Å². The Hall–Kier alpha value is -3.09. The first kappa shape index (κ1) is 14.8. The third-order valence-electron chi connectivity index (χ3n) is 3.85. The van der Waals surface area contributed by atoms with Crippen LogP contribution in [0.2, 0.25) is 0 Å². The molecule has 0 saturated heterocycles. The lowest BCUT2D eigenvalue weighted by atomic mass is 9.99. The van der Waals surface area contributed by atoms with Crippen molar-refractivity contribution >= 4 is 5.69 Å². The summed E-state index contributed by atoms with van der Waals surface area (Å²) in [6.45, 7) is 0. The van der Waals surface area contributed by atoms with Crippen molar-refractivity contribution < 1.29 is 0 Å². The molecular weight excluding hydrogens is 282 g/mol. The first-order chi connectivity index (χ1) is 11.3. The van der Waals surface area contributed by atoms with Crippen LogP contribution in [0.3, 0.4) is 0 Å². The van der Waals surface area contributed by atoms with Gasteiger partial charge in [-0.15, -0.1) is 0 Å². The predicted molar refractivity (Wildman–Crippen MR) is 93.7 cm³/mol. The van der Waals surface area contributed by atoms with E-state index in [1.807, 2.05) is 42.5 Å². The summed E-state index contributed by atoms with van der Waals surface area (Å²) in [5.41, 5.74) is 8.89. The number of rotatable bonds is 4. The van der Waals surface area contributed by atoms with Crippen LogP contribution in [0.15, 0.2) is 72.8 Å². The molecule has 3 rings (SSSR count). The Kier molecular flexibility index (Phi) is 4.37. The Morgan fingerprint density at radius 3 is 2.39 bits per heavy atom. The summed E-state index contributed by atoms with van der Waals surface area (Å²) in [5, 5.41) is 9.00. The van der Waals surface area contributed by atoms with Crippen LogP contribution >= 0.6 is 0 Å². The van der Waals surface area contributed by atoms with Gasteiger partial charge in [0.05, 0.1) is 17.3 Å². The molecule has 0 heterocycles. The Morgan fingerprint density at radius 2 is 1.65 bits per heavy atom. The molecule has 0 amide bonds. The van der Waals surface area contributed by atoms with Crippen molar-refractivity contribution in [1.82, 2.24) is 0 Å². The van der Waals surface area contributed by atoms with Crippen LogP contribution in [0.25, 0.3) is 11.1 Å². The number of nitriles is 1. The van der Waals surface area contributed by atoms with Gasteiger partial charge < -0.3 is 5.43 Å². The molecule has 3 aromatic rings. The number of nitrogens with one attached hydrogen (secondary N) is 1. The van der Waals surface area contributed by atoms with E-state index in [4.69, 9.17) is 11.1 Å². The van der Waals surface area contributed by atoms with E-state index in [2.05, 4.69) is 41.8 Å². The number of para-hydroxylation sites is 1. The lowest BCUT2D eigenvalue weighted by Crippen LogP contribution is -2.09. The highest BCUT2D eigenvalue weighted by atomic mass is 15.2. The topological polar surface area (TPSA) is 61.8 Å². The van der Waals surface area contributed by atoms with Crippen LogP contribution in [0, 0.1) is 11.3 Å². The number of nitrogens with zero attached hydrogens (tertiary/aromatic N) is 1. The van der Waals surface area contributed by atoms with Gasteiger partial charge in [-0.25, -0.2) is 0 Å². The Bertz CT molecular complexity index is 845. The second-order valence-corrected chi connectivity index (χ2v) is 5.37. The number of anilines is 1. The van der Waals surface area contributed by atoms with Crippen LogP contribution in [-0.4, -0.2) is 0 Å². The van der Waals surface area contributed by atoms with E-state index in [0.29, 0.717) is 5.56 Å². The number of hydrazine groups is 1. The molecule has 0 radical (unpaired) electrons. The number of benzene rings is 3. The van der Waals surface area contributed by atoms with Crippen molar-refractivity contribution in [2.75, 3.05) is 5.43 Å². The van der Waals surface area contributed by atoms with Gasteiger partial charge in [-0.1, -0.05) is 54.6 Å². The molecule has 112 valence electrons. The van der Waals surface area contributed by atoms with E-state index < -0.39 is 0 Å². The fraction of sp³-hybridized carbons (Fsp3) is 0.0500. The molecule has 3 N–H and O–H groups in total. The maximum atomic E-state index is 9.00. The summed E-state index contributed by atoms with van der Waals surface area (Å²) >= 11 is 0. The highest BCUT2D eigenvalue weighted by Gasteiger charge is 2.03. The summed E-state index contributed by atoms with van der Waals surface area (Å²) in [5.74, 6) is 5.56. The molecular formula is C20H17N3. The van der Waals surface area contributed by atoms with Crippen molar-refractivity contribution in [2.24, 2.45) is 5.84 Å². The van der Waals surface area contributed by atoms with E-state index in [0.717, 1.165) is 28.8 Å². The zero-order valence-corrected chi connectivity index (χ0v) is 12.7. The number of nitrogens with two attached hydrogens (primary N) is 1. The average molecular weight is 299 g/mol. The summed E-state index contributed by atoms with van der Waals surface area (Å²) < 4.78 is 0. The zero-order chi connectivity index (χ0) is 16.1. The van der Waals surface area contributed by atoms with Crippen LogP contribution in [0.1, 0.15) is 16.7 Å². The van der Waals surface area contributed by atoms with E-state index in [-0.39, 0.29) is 0 Å². The standard InChI is InChI=1S/C20H17N3/c21-14-16-4-3-6-18(13-16)17-10-8-15(9-11-17)12-19-5-1-2-7-20(19)23-22/h1-11,13,23H,12,22H2. The Labute approximate surface area is 136 Å². The average Bonchev–Trinajstić information content (AvgIpc) is 2.63. The molecule has 0 fully saturated rings. The van der Waals surface area contributed by atoms with Crippen molar-refractivity contribution in [3.8, 4) is 17.2 Å². The van der Waals surface area contributed by atoms with E-state index in [9.17, 15) is 0 Å². The van der Waals surface area contributed by atoms with Gasteiger partial charge in [0, 0.05) is 0 Å². The number of hydrogen-bond donors (Lipinski definition) is 2. The van der Waals surface area contributed by atoms with Crippen molar-refractivity contribution in [3.05, 3.63) is 89.5 Å². The summed E-state index contributed by atoms with van der Waals surface area (Å²) in [6, 6.07) is 26.2. The molecule has 3 heteroatoms. The van der Waals surface area contributed by atoms with E-state index in [1.54, 1.807) is 0 Å². The van der Waals surface area contributed by atoms with Gasteiger partial charge in [0.15, 0.2) is 0 Å². The maximum absolute atomic E-state index is 9.00. The zero-order valence-electron chi connectivity index (χ0n) is 12.7. The summed E-state index contributed by atoms with van der Waals surface area (Å²) in [6.07, 6.45) is 0.818. The van der Waals surface area contributed by atoms with Gasteiger partial charge in [0.1, 0.15) is 0 Å². The predicted octanol–water partition coefficient (Wildman–Crippen LogP) is 4.10. The van der Waals surface area contributed by atoms with Gasteiger partial charge in [-0.2, -0.15) is 5.26 Å². The highest BCUT2D eigenvalue weighted by Crippen LogP contribution is 2.23. The van der Waals surface area contributed by atoms with Crippen LogP contribution in [-0.2, 0) is 6.42 Å². The summed E-state index contributed by atoms with van der Waals surface area (Å²) in [4.78, 5) is 0. The maximum Gasteiger partial charge on any atom is 0.0991 e. The summed E-state index contributed by atoms with van der Waals surface area (Å²) in [7, 11) is 0. The van der Waals surface area contributed by atoms with E-state index in [1.165, 1.54) is 5.56 Å². The molecule has 0 aliphatic rings. The molecule has 0 aliphatic heterocycles. The third-order valence-corrected chi connectivity index (χ3v) is 3.85. The minimum Gasteiger partial charge on any atom is -0.324 e. The lowest BCUT2D eigenvalue weighted by Gasteiger charge is -2.09. The normalized spacial score (nSPS) is 10.1. The Balaban J connectivity index is 1.83. The molecule has 0 aromatic heterocycles. The minimum atomic E-state index is 0.675. The molecule has 0 bridgehead atoms. The smallest absolute Gasteiger partial charge is 0.0991 e. The number of nitrogen functional groups attached to an aromatic ring is 1. The fourth-order valence-electron chi connectivity index (χ4n) is 2.62. The third kappa shape index (κ3) is 3.39. The molecule has 0 saturated carbocycles. The van der Waals surface area contributed by atoms with Gasteiger partial charge in [-0.05, 0) is 46.9 Å². The molecule has 0 unspecified atom stereocenters. The second kappa shape index (κ2) is 6.78. The molecule has 0 atom stereocenters. The quantitative estimate of drug-likeness (QED) is 0.563. The van der Waals surface area contributed by atoms with Gasteiger partial charge in [0.25, 0.3) is 0 Å².